The zero-order chi connectivity index (χ0) is 10.5. The van der Waals surface area contributed by atoms with Crippen molar-refractivity contribution in [2.45, 2.75) is 33.1 Å². The predicted octanol–water partition coefficient (Wildman–Crippen LogP) is 1.27. The summed E-state index contributed by atoms with van der Waals surface area (Å²) >= 11 is 0. The van der Waals surface area contributed by atoms with Gasteiger partial charge in [0.05, 0.1) is 5.75 Å². The zero-order valence-electron chi connectivity index (χ0n) is 7.99. The number of hydrogen-bond donors (Lipinski definition) is 1. The molecule has 0 aromatic rings. The van der Waals surface area contributed by atoms with Gasteiger partial charge in [0.25, 0.3) is 10.1 Å². The largest absolute Gasteiger partial charge is 0.299 e. The second-order valence-corrected chi connectivity index (χ2v) is 4.76. The lowest BCUT2D eigenvalue weighted by Crippen LogP contribution is -2.15. The maximum absolute atomic E-state index is 11.2. The van der Waals surface area contributed by atoms with Crippen molar-refractivity contribution in [1.82, 2.24) is 0 Å². The molecule has 13 heavy (non-hydrogen) atoms. The second kappa shape index (κ2) is 5.34. The molecule has 0 aromatic carbocycles. The molecule has 0 amide bonds. The summed E-state index contributed by atoms with van der Waals surface area (Å²) in [6.07, 6.45) is 1.46. The van der Waals surface area contributed by atoms with Crippen LogP contribution < -0.4 is 0 Å². The molecular formula is C8H16O4S. The van der Waals surface area contributed by atoms with Gasteiger partial charge in [-0.25, -0.2) is 0 Å². The molecule has 4 nitrogen and oxygen atoms in total. The lowest BCUT2D eigenvalue weighted by molar-refractivity contribution is -0.122. The van der Waals surface area contributed by atoms with E-state index in [0.717, 1.165) is 6.42 Å². The molecule has 0 aliphatic carbocycles. The number of hydrogen-bond acceptors (Lipinski definition) is 3. The fraction of sp³-hybridized carbons (Fsp3) is 0.875. The molecule has 5 heteroatoms. The minimum Gasteiger partial charge on any atom is -0.299 e. The number of rotatable bonds is 6. The fourth-order valence-electron chi connectivity index (χ4n) is 0.979. The Labute approximate surface area is 79.1 Å². The van der Waals surface area contributed by atoms with E-state index in [2.05, 4.69) is 0 Å². The summed E-state index contributed by atoms with van der Waals surface area (Å²) in [4.78, 5) is 11.2. The normalized spacial score (nSPS) is 14.1. The Morgan fingerprint density at radius 3 is 2.38 bits per heavy atom. The first-order valence-corrected chi connectivity index (χ1v) is 5.95. The van der Waals surface area contributed by atoms with Gasteiger partial charge < -0.3 is 0 Å². The van der Waals surface area contributed by atoms with Crippen LogP contribution in [0.4, 0.5) is 0 Å². The highest BCUT2D eigenvalue weighted by Crippen LogP contribution is 2.08. The monoisotopic (exact) mass is 208 g/mol. The van der Waals surface area contributed by atoms with Gasteiger partial charge in [-0.15, -0.1) is 0 Å². The molecule has 78 valence electrons. The molecular weight excluding hydrogens is 192 g/mol. The van der Waals surface area contributed by atoms with Gasteiger partial charge in [0.2, 0.25) is 0 Å². The molecule has 1 atom stereocenters. The van der Waals surface area contributed by atoms with Crippen molar-refractivity contribution in [2.24, 2.45) is 5.92 Å². The molecule has 0 saturated carbocycles. The van der Waals surface area contributed by atoms with Crippen molar-refractivity contribution in [3.8, 4) is 0 Å². The predicted molar refractivity (Wildman–Crippen MR) is 50.1 cm³/mol. The number of ketones is 1. The van der Waals surface area contributed by atoms with E-state index < -0.39 is 10.1 Å². The third kappa shape index (κ3) is 6.72. The van der Waals surface area contributed by atoms with Crippen molar-refractivity contribution in [3.63, 3.8) is 0 Å². The summed E-state index contributed by atoms with van der Waals surface area (Å²) in [5.74, 6) is -0.545. The summed E-state index contributed by atoms with van der Waals surface area (Å²) < 4.78 is 29.2. The standard InChI is InChI=1S/C8H16O4S/c1-3-4-8(9)7(2)5-6-13(10,11)12/h7H,3-6H2,1-2H3,(H,10,11,12). The summed E-state index contributed by atoms with van der Waals surface area (Å²) in [6.45, 7) is 3.58. The highest BCUT2D eigenvalue weighted by Gasteiger charge is 2.14. The van der Waals surface area contributed by atoms with E-state index in [1.54, 1.807) is 6.92 Å². The van der Waals surface area contributed by atoms with E-state index in [-0.39, 0.29) is 23.9 Å². The van der Waals surface area contributed by atoms with E-state index >= 15 is 0 Å². The zero-order valence-corrected chi connectivity index (χ0v) is 8.80. The van der Waals surface area contributed by atoms with Crippen molar-refractivity contribution >= 4 is 15.9 Å². The highest BCUT2D eigenvalue weighted by atomic mass is 32.2. The number of carbonyl (C=O) groups is 1. The Morgan fingerprint density at radius 1 is 1.46 bits per heavy atom. The van der Waals surface area contributed by atoms with Crippen molar-refractivity contribution in [1.29, 1.82) is 0 Å². The minimum atomic E-state index is -3.92. The van der Waals surface area contributed by atoms with Crippen molar-refractivity contribution in [3.05, 3.63) is 0 Å². The van der Waals surface area contributed by atoms with Crippen LogP contribution in [0.3, 0.4) is 0 Å². The van der Waals surface area contributed by atoms with Crippen molar-refractivity contribution < 1.29 is 17.8 Å². The molecule has 0 bridgehead atoms. The molecule has 0 aliphatic rings. The minimum absolute atomic E-state index is 0.0613. The lowest BCUT2D eigenvalue weighted by atomic mass is 10.0. The van der Waals surface area contributed by atoms with Gasteiger partial charge >= 0.3 is 0 Å². The molecule has 0 radical (unpaired) electrons. The van der Waals surface area contributed by atoms with Crippen LogP contribution in [0.5, 0.6) is 0 Å². The van der Waals surface area contributed by atoms with E-state index in [1.807, 2.05) is 6.92 Å². The van der Waals surface area contributed by atoms with Crippen LogP contribution >= 0.6 is 0 Å². The van der Waals surface area contributed by atoms with Gasteiger partial charge in [-0.1, -0.05) is 13.8 Å². The molecule has 0 aliphatic heterocycles. The van der Waals surface area contributed by atoms with Crippen LogP contribution in [0.15, 0.2) is 0 Å². The maximum atomic E-state index is 11.2. The van der Waals surface area contributed by atoms with E-state index in [0.29, 0.717) is 6.42 Å². The van der Waals surface area contributed by atoms with Gasteiger partial charge in [0.15, 0.2) is 0 Å². The van der Waals surface area contributed by atoms with Gasteiger partial charge in [-0.2, -0.15) is 8.42 Å². The molecule has 0 fully saturated rings. The van der Waals surface area contributed by atoms with Gasteiger partial charge in [-0.05, 0) is 12.8 Å². The average molecular weight is 208 g/mol. The smallest absolute Gasteiger partial charge is 0.264 e. The fourth-order valence-corrected chi connectivity index (χ4v) is 1.63. The highest BCUT2D eigenvalue weighted by molar-refractivity contribution is 7.85. The Hall–Kier alpha value is -0.420. The van der Waals surface area contributed by atoms with Crippen LogP contribution in [0.25, 0.3) is 0 Å². The van der Waals surface area contributed by atoms with Crippen LogP contribution in [-0.4, -0.2) is 24.5 Å². The molecule has 0 spiro atoms. The Balaban J connectivity index is 3.88. The van der Waals surface area contributed by atoms with E-state index in [4.69, 9.17) is 4.55 Å². The van der Waals surface area contributed by atoms with Gasteiger partial charge in [0, 0.05) is 12.3 Å². The van der Waals surface area contributed by atoms with Gasteiger partial charge in [0.1, 0.15) is 5.78 Å². The average Bonchev–Trinajstić information content (AvgIpc) is 1.99. The van der Waals surface area contributed by atoms with E-state index in [9.17, 15) is 13.2 Å². The molecule has 1 unspecified atom stereocenters. The summed E-state index contributed by atoms with van der Waals surface area (Å²) in [7, 11) is -3.92. The molecule has 0 heterocycles. The third-order valence-electron chi connectivity index (χ3n) is 1.85. The SMILES string of the molecule is CCCC(=O)C(C)CCS(=O)(=O)O. The molecule has 0 aromatic heterocycles. The molecule has 1 N–H and O–H groups in total. The molecule has 0 rings (SSSR count). The Kier molecular flexibility index (Phi) is 5.17. The third-order valence-corrected chi connectivity index (χ3v) is 2.61. The van der Waals surface area contributed by atoms with Crippen LogP contribution in [0.2, 0.25) is 0 Å². The van der Waals surface area contributed by atoms with Crippen LogP contribution in [0.1, 0.15) is 33.1 Å². The topological polar surface area (TPSA) is 71.4 Å². The quantitative estimate of drug-likeness (QED) is 0.667. The Morgan fingerprint density at radius 2 is 2.00 bits per heavy atom. The summed E-state index contributed by atoms with van der Waals surface area (Å²) in [5.41, 5.74) is 0. The number of Topliss-reactive ketones (excluding diaryl/α,β-unsaturated/α-hetero) is 1. The van der Waals surface area contributed by atoms with E-state index in [1.165, 1.54) is 0 Å². The first-order chi connectivity index (χ1) is 5.87. The first-order valence-electron chi connectivity index (χ1n) is 4.34. The lowest BCUT2D eigenvalue weighted by Gasteiger charge is -2.07. The van der Waals surface area contributed by atoms with Crippen LogP contribution in [0, 0.1) is 5.92 Å². The van der Waals surface area contributed by atoms with Crippen LogP contribution in [-0.2, 0) is 14.9 Å². The van der Waals surface area contributed by atoms with Gasteiger partial charge in [-0.3, -0.25) is 9.35 Å². The Bertz CT molecular complexity index is 255. The maximum Gasteiger partial charge on any atom is 0.264 e. The van der Waals surface area contributed by atoms with Crippen molar-refractivity contribution in [2.75, 3.05) is 5.75 Å². The summed E-state index contributed by atoms with van der Waals surface area (Å²) in [5, 5.41) is 0. The number of carbonyl (C=O) groups excluding carboxylic acids is 1. The summed E-state index contributed by atoms with van der Waals surface area (Å²) in [6, 6.07) is 0. The molecule has 0 saturated heterocycles. The first kappa shape index (κ1) is 12.6. The second-order valence-electron chi connectivity index (χ2n) is 3.19.